The van der Waals surface area contributed by atoms with E-state index >= 15 is 0 Å². The number of carbonyl (C=O) groups is 5. The van der Waals surface area contributed by atoms with Crippen molar-refractivity contribution in [2.45, 2.75) is 58.2 Å². The fraction of sp³-hybridized carbons (Fsp3) is 0.519. The number of nitrogens with zero attached hydrogens (tertiary/aromatic N) is 1. The van der Waals surface area contributed by atoms with E-state index in [0.29, 0.717) is 11.3 Å². The van der Waals surface area contributed by atoms with Gasteiger partial charge in [0, 0.05) is 56.1 Å². The Kier molecular flexibility index (Phi) is 14.3. The van der Waals surface area contributed by atoms with E-state index in [9.17, 15) is 34.2 Å². The minimum absolute atomic E-state index is 0.00452. The number of hydrogen-bond donors (Lipinski definition) is 3. The molecule has 0 spiro atoms. The van der Waals surface area contributed by atoms with Crippen molar-refractivity contribution >= 4 is 30.2 Å². The van der Waals surface area contributed by atoms with E-state index in [2.05, 4.69) is 5.32 Å². The molecule has 0 bridgehead atoms. The second-order valence-electron chi connectivity index (χ2n) is 8.53. The number of hydrogen-bond acceptors (Lipinski definition) is 11. The molecule has 1 aromatic carbocycles. The molecule has 3 unspecified atom stereocenters. The van der Waals surface area contributed by atoms with Crippen LogP contribution in [0.5, 0.6) is 11.5 Å². The summed E-state index contributed by atoms with van der Waals surface area (Å²) >= 11 is 0. The third-order valence-electron chi connectivity index (χ3n) is 5.67. The van der Waals surface area contributed by atoms with Crippen LogP contribution < -0.4 is 14.8 Å². The van der Waals surface area contributed by atoms with Crippen molar-refractivity contribution in [1.82, 2.24) is 10.2 Å². The van der Waals surface area contributed by atoms with Gasteiger partial charge in [0.15, 0.2) is 6.10 Å². The standard InChI is InChI=1S/C25H30N2O12.C2H6/c28-15-36-14-16-1-2-18(13-19(16)38-24-12-17(29)11-20(39-24)25(33)34)37-10-9-35-8-6-26-21(30)5-7-27-22(31)3-4-23(27)32;1-2/h1-4,13,15,17,20,24,29H,5-12,14H2,(H,26,30)(H,33,34);1-2H3. The van der Waals surface area contributed by atoms with Crippen molar-refractivity contribution in [3.05, 3.63) is 35.9 Å². The first-order valence-corrected chi connectivity index (χ1v) is 13.2. The van der Waals surface area contributed by atoms with Crippen LogP contribution in [0.25, 0.3) is 0 Å². The quantitative estimate of drug-likeness (QED) is 0.140. The number of benzene rings is 1. The molecule has 3 amide bonds. The van der Waals surface area contributed by atoms with Gasteiger partial charge in [0.05, 0.1) is 19.3 Å². The first-order valence-electron chi connectivity index (χ1n) is 13.2. The number of ether oxygens (including phenoxy) is 5. The summed E-state index contributed by atoms with van der Waals surface area (Å²) in [7, 11) is 0. The van der Waals surface area contributed by atoms with Gasteiger partial charge >= 0.3 is 5.97 Å². The lowest BCUT2D eigenvalue weighted by molar-refractivity contribution is -0.195. The lowest BCUT2D eigenvalue weighted by Crippen LogP contribution is -2.42. The minimum atomic E-state index is -1.22. The molecule has 2 aliphatic heterocycles. The van der Waals surface area contributed by atoms with Gasteiger partial charge in [0.1, 0.15) is 24.7 Å². The molecule has 1 aromatic rings. The van der Waals surface area contributed by atoms with Gasteiger partial charge in [-0.15, -0.1) is 0 Å². The monoisotopic (exact) mass is 580 g/mol. The highest BCUT2D eigenvalue weighted by molar-refractivity contribution is 6.13. The Morgan fingerprint density at radius 2 is 1.85 bits per heavy atom. The molecule has 226 valence electrons. The third-order valence-corrected chi connectivity index (χ3v) is 5.67. The van der Waals surface area contributed by atoms with Crippen LogP contribution in [0.2, 0.25) is 0 Å². The summed E-state index contributed by atoms with van der Waals surface area (Å²) in [6, 6.07) is 4.76. The maximum Gasteiger partial charge on any atom is 0.333 e. The van der Waals surface area contributed by atoms with E-state index in [1.807, 2.05) is 13.8 Å². The van der Waals surface area contributed by atoms with E-state index in [1.165, 1.54) is 6.07 Å². The summed E-state index contributed by atoms with van der Waals surface area (Å²) in [4.78, 5) is 57.7. The molecule has 14 heteroatoms. The second-order valence-corrected chi connectivity index (χ2v) is 8.53. The Hall–Kier alpha value is -4.01. The number of imide groups is 1. The zero-order valence-electron chi connectivity index (χ0n) is 23.0. The van der Waals surface area contributed by atoms with Crippen LogP contribution in [0.4, 0.5) is 0 Å². The Bertz CT molecular complexity index is 1060. The molecule has 0 aliphatic carbocycles. The summed E-state index contributed by atoms with van der Waals surface area (Å²) in [5.41, 5.74) is 0.478. The van der Waals surface area contributed by atoms with Crippen LogP contribution in [0.3, 0.4) is 0 Å². The van der Waals surface area contributed by atoms with Gasteiger partial charge < -0.3 is 39.2 Å². The average molecular weight is 581 g/mol. The lowest BCUT2D eigenvalue weighted by atomic mass is 10.1. The zero-order chi connectivity index (χ0) is 30.2. The summed E-state index contributed by atoms with van der Waals surface area (Å²) in [5.74, 6) is -1.79. The Labute approximate surface area is 237 Å². The number of carbonyl (C=O) groups excluding carboxylic acids is 4. The smallest absolute Gasteiger partial charge is 0.333 e. The molecule has 41 heavy (non-hydrogen) atoms. The highest BCUT2D eigenvalue weighted by Gasteiger charge is 2.34. The van der Waals surface area contributed by atoms with Crippen LogP contribution in [0.15, 0.2) is 30.4 Å². The molecule has 0 aromatic heterocycles. The first kappa shape index (κ1) is 33.2. The van der Waals surface area contributed by atoms with E-state index in [0.717, 1.165) is 17.1 Å². The highest BCUT2D eigenvalue weighted by atomic mass is 16.7. The molecule has 3 N–H and O–H groups in total. The van der Waals surface area contributed by atoms with Crippen LogP contribution in [-0.4, -0.2) is 96.7 Å². The van der Waals surface area contributed by atoms with Gasteiger partial charge in [0.25, 0.3) is 18.3 Å². The molecule has 3 atom stereocenters. The van der Waals surface area contributed by atoms with Crippen molar-refractivity contribution in [1.29, 1.82) is 0 Å². The maximum absolute atomic E-state index is 11.9. The molecule has 0 saturated carbocycles. The zero-order valence-corrected chi connectivity index (χ0v) is 23.0. The summed E-state index contributed by atoms with van der Waals surface area (Å²) in [6.45, 7) is 4.97. The number of nitrogens with one attached hydrogen (secondary N) is 1. The largest absolute Gasteiger partial charge is 0.491 e. The van der Waals surface area contributed by atoms with E-state index in [4.69, 9.17) is 23.7 Å². The summed E-state index contributed by atoms with van der Waals surface area (Å²) in [5, 5.41) is 21.8. The maximum atomic E-state index is 11.9. The SMILES string of the molecule is CC.O=COCc1ccc(OCCOCCNC(=O)CCN2C(=O)C=CC2=O)cc1OC1CC(O)CC(C(=O)O)O1. The van der Waals surface area contributed by atoms with Crippen molar-refractivity contribution in [3.8, 4) is 11.5 Å². The number of carboxylic acid groups (broad SMARTS) is 1. The fourth-order valence-electron chi connectivity index (χ4n) is 3.75. The number of rotatable bonds is 16. The van der Waals surface area contributed by atoms with Gasteiger partial charge in [-0.2, -0.15) is 0 Å². The van der Waals surface area contributed by atoms with Crippen molar-refractivity contribution < 1.29 is 57.9 Å². The van der Waals surface area contributed by atoms with Crippen LogP contribution in [0, 0.1) is 0 Å². The summed E-state index contributed by atoms with van der Waals surface area (Å²) in [6.07, 6.45) is -0.863. The number of amides is 3. The molecular formula is C27H36N2O12. The van der Waals surface area contributed by atoms with Gasteiger partial charge in [-0.1, -0.05) is 13.8 Å². The van der Waals surface area contributed by atoms with E-state index in [1.54, 1.807) is 12.1 Å². The Morgan fingerprint density at radius 3 is 2.54 bits per heavy atom. The first-order chi connectivity index (χ1) is 19.8. The molecule has 14 nitrogen and oxygen atoms in total. The highest BCUT2D eigenvalue weighted by Crippen LogP contribution is 2.30. The molecule has 3 rings (SSSR count). The van der Waals surface area contributed by atoms with Crippen molar-refractivity contribution in [2.24, 2.45) is 0 Å². The fourth-order valence-corrected chi connectivity index (χ4v) is 3.75. The van der Waals surface area contributed by atoms with Crippen molar-refractivity contribution in [3.63, 3.8) is 0 Å². The predicted octanol–water partition coefficient (Wildman–Crippen LogP) is 0.542. The normalized spacial score (nSPS) is 19.7. The molecule has 1 saturated heterocycles. The Morgan fingerprint density at radius 1 is 1.12 bits per heavy atom. The van der Waals surface area contributed by atoms with Crippen LogP contribution in [-0.2, 0) is 44.8 Å². The van der Waals surface area contributed by atoms with Crippen LogP contribution in [0.1, 0.15) is 38.7 Å². The Balaban J connectivity index is 0.00000287. The molecule has 2 aliphatic rings. The molecule has 0 radical (unpaired) electrons. The van der Waals surface area contributed by atoms with E-state index < -0.39 is 36.3 Å². The lowest BCUT2D eigenvalue weighted by Gasteiger charge is -2.31. The topological polar surface area (TPSA) is 187 Å². The third kappa shape index (κ3) is 11.2. The predicted molar refractivity (Wildman–Crippen MR) is 141 cm³/mol. The number of aliphatic carboxylic acids is 1. The second kappa shape index (κ2) is 17.6. The molecule has 1 fully saturated rings. The van der Waals surface area contributed by atoms with Gasteiger partial charge in [0.2, 0.25) is 12.2 Å². The van der Waals surface area contributed by atoms with E-state index in [-0.39, 0.29) is 76.9 Å². The van der Waals surface area contributed by atoms with Gasteiger partial charge in [-0.3, -0.25) is 24.1 Å². The van der Waals surface area contributed by atoms with Gasteiger partial charge in [-0.05, 0) is 12.1 Å². The minimum Gasteiger partial charge on any atom is -0.491 e. The number of aliphatic hydroxyl groups excluding tert-OH is 1. The van der Waals surface area contributed by atoms with Crippen LogP contribution >= 0.6 is 0 Å². The van der Waals surface area contributed by atoms with Crippen molar-refractivity contribution in [2.75, 3.05) is 32.9 Å². The number of carboxylic acids is 1. The molecule has 2 heterocycles. The van der Waals surface area contributed by atoms with Gasteiger partial charge in [-0.25, -0.2) is 4.79 Å². The molecular weight excluding hydrogens is 544 g/mol. The average Bonchev–Trinajstić information content (AvgIpc) is 3.28. The summed E-state index contributed by atoms with van der Waals surface area (Å²) < 4.78 is 27.1. The number of aliphatic hydroxyl groups is 1.